The molecular formula is C17H18N2O2. The molecule has 0 atom stereocenters. The van der Waals surface area contributed by atoms with E-state index in [2.05, 4.69) is 6.07 Å². The van der Waals surface area contributed by atoms with Gasteiger partial charge in [-0.25, -0.2) is 0 Å². The van der Waals surface area contributed by atoms with Crippen LogP contribution in [-0.4, -0.2) is 6.61 Å². The molecule has 2 aromatic carbocycles. The highest BCUT2D eigenvalue weighted by Crippen LogP contribution is 2.35. The highest BCUT2D eigenvalue weighted by atomic mass is 16.5. The lowest BCUT2D eigenvalue weighted by molar-refractivity contribution is 0.271. The van der Waals surface area contributed by atoms with Crippen LogP contribution in [0.2, 0.25) is 0 Å². The third kappa shape index (κ3) is 3.67. The average Bonchev–Trinajstić information content (AvgIpc) is 2.48. The average molecular weight is 282 g/mol. The molecule has 0 aliphatic rings. The van der Waals surface area contributed by atoms with Crippen LogP contribution in [0.15, 0.2) is 36.4 Å². The molecule has 2 rings (SSSR count). The van der Waals surface area contributed by atoms with Crippen LogP contribution < -0.4 is 15.2 Å². The number of nitrogens with zero attached hydrogens (tertiary/aromatic N) is 1. The molecule has 4 nitrogen and oxygen atoms in total. The van der Waals surface area contributed by atoms with Gasteiger partial charge in [0.15, 0.2) is 11.5 Å². The largest absolute Gasteiger partial charge is 0.490 e. The number of aryl methyl sites for hydroxylation is 1. The van der Waals surface area contributed by atoms with Crippen LogP contribution in [0.4, 0.5) is 5.69 Å². The van der Waals surface area contributed by atoms with Gasteiger partial charge in [0.25, 0.3) is 0 Å². The van der Waals surface area contributed by atoms with Gasteiger partial charge in [-0.2, -0.15) is 5.26 Å². The Balaban J connectivity index is 2.22. The summed E-state index contributed by atoms with van der Waals surface area (Å²) in [6.07, 6.45) is 0. The molecule has 0 aromatic heterocycles. The summed E-state index contributed by atoms with van der Waals surface area (Å²) in [5.74, 6) is 0.984. The summed E-state index contributed by atoms with van der Waals surface area (Å²) in [6, 6.07) is 13.4. The minimum atomic E-state index is 0.399. The summed E-state index contributed by atoms with van der Waals surface area (Å²) in [7, 11) is 0. The predicted octanol–water partition coefficient (Wildman–Crippen LogP) is 3.43. The molecule has 0 fully saturated rings. The van der Waals surface area contributed by atoms with Gasteiger partial charge in [-0.05, 0) is 25.5 Å². The molecule has 0 heterocycles. The van der Waals surface area contributed by atoms with Crippen molar-refractivity contribution in [2.24, 2.45) is 0 Å². The molecule has 21 heavy (non-hydrogen) atoms. The number of hydrogen-bond donors (Lipinski definition) is 1. The van der Waals surface area contributed by atoms with Crippen molar-refractivity contribution in [3.05, 3.63) is 53.1 Å². The van der Waals surface area contributed by atoms with Crippen molar-refractivity contribution in [3.63, 3.8) is 0 Å². The van der Waals surface area contributed by atoms with Crippen molar-refractivity contribution in [2.45, 2.75) is 20.5 Å². The third-order valence-electron chi connectivity index (χ3n) is 3.02. The number of nitriles is 1. The van der Waals surface area contributed by atoms with Crippen molar-refractivity contribution in [2.75, 3.05) is 12.3 Å². The third-order valence-corrected chi connectivity index (χ3v) is 3.02. The lowest BCUT2D eigenvalue weighted by atomic mass is 10.1. The summed E-state index contributed by atoms with van der Waals surface area (Å²) in [4.78, 5) is 0. The second-order valence-electron chi connectivity index (χ2n) is 4.71. The maximum atomic E-state index is 8.98. The number of nitrogens with two attached hydrogens (primary N) is 1. The molecule has 0 radical (unpaired) electrons. The van der Waals surface area contributed by atoms with E-state index in [1.165, 1.54) is 5.56 Å². The van der Waals surface area contributed by atoms with Crippen molar-refractivity contribution in [1.29, 1.82) is 5.26 Å². The lowest BCUT2D eigenvalue weighted by Crippen LogP contribution is -2.03. The van der Waals surface area contributed by atoms with Gasteiger partial charge in [0.1, 0.15) is 6.61 Å². The summed E-state index contributed by atoms with van der Waals surface area (Å²) in [5.41, 5.74) is 9.07. The standard InChI is InChI=1S/C17H18N2O2/c1-3-20-16-9-14(10-18)8-15(19)17(16)21-11-13-6-4-12(2)5-7-13/h4-9H,3,11,19H2,1-2H3. The maximum absolute atomic E-state index is 8.98. The summed E-state index contributed by atoms with van der Waals surface area (Å²) < 4.78 is 11.3. The first-order chi connectivity index (χ1) is 10.1. The van der Waals surface area contributed by atoms with Gasteiger partial charge in [-0.1, -0.05) is 29.8 Å². The Morgan fingerprint density at radius 3 is 2.48 bits per heavy atom. The Labute approximate surface area is 124 Å². The Kier molecular flexibility index (Phi) is 4.68. The fourth-order valence-electron chi connectivity index (χ4n) is 1.95. The van der Waals surface area contributed by atoms with E-state index in [-0.39, 0.29) is 0 Å². The molecule has 0 aliphatic carbocycles. The molecule has 0 bridgehead atoms. The first kappa shape index (κ1) is 14.7. The van der Waals surface area contributed by atoms with Crippen LogP contribution in [0.3, 0.4) is 0 Å². The molecule has 0 saturated carbocycles. The Hall–Kier alpha value is -2.67. The Morgan fingerprint density at radius 2 is 1.86 bits per heavy atom. The fraction of sp³-hybridized carbons (Fsp3) is 0.235. The van der Waals surface area contributed by atoms with Crippen LogP contribution in [-0.2, 0) is 6.61 Å². The minimum absolute atomic E-state index is 0.399. The topological polar surface area (TPSA) is 68.3 Å². The number of anilines is 1. The van der Waals surface area contributed by atoms with Crippen LogP contribution in [0.5, 0.6) is 11.5 Å². The SMILES string of the molecule is CCOc1cc(C#N)cc(N)c1OCc1ccc(C)cc1. The van der Waals surface area contributed by atoms with Gasteiger partial charge in [-0.15, -0.1) is 0 Å². The van der Waals surface area contributed by atoms with Crippen molar-refractivity contribution in [3.8, 4) is 17.6 Å². The van der Waals surface area contributed by atoms with Crippen LogP contribution in [0.25, 0.3) is 0 Å². The Bertz CT molecular complexity index is 658. The number of benzene rings is 2. The number of nitrogen functional groups attached to an aromatic ring is 1. The molecule has 0 spiro atoms. The van der Waals surface area contributed by atoms with Gasteiger partial charge in [0.2, 0.25) is 0 Å². The second-order valence-corrected chi connectivity index (χ2v) is 4.71. The van der Waals surface area contributed by atoms with Gasteiger partial charge in [0.05, 0.1) is 23.9 Å². The summed E-state index contributed by atoms with van der Waals surface area (Å²) >= 11 is 0. The molecular weight excluding hydrogens is 264 g/mol. The first-order valence-electron chi connectivity index (χ1n) is 6.78. The molecule has 4 heteroatoms. The zero-order valence-electron chi connectivity index (χ0n) is 12.2. The molecule has 2 aromatic rings. The molecule has 0 saturated heterocycles. The van der Waals surface area contributed by atoms with Gasteiger partial charge < -0.3 is 15.2 Å². The van der Waals surface area contributed by atoms with Crippen molar-refractivity contribution < 1.29 is 9.47 Å². The van der Waals surface area contributed by atoms with Crippen LogP contribution in [0.1, 0.15) is 23.6 Å². The summed E-state index contributed by atoms with van der Waals surface area (Å²) in [6.45, 7) is 4.79. The van der Waals surface area contributed by atoms with E-state index in [0.717, 1.165) is 5.56 Å². The van der Waals surface area contributed by atoms with Gasteiger partial charge in [-0.3, -0.25) is 0 Å². The lowest BCUT2D eigenvalue weighted by Gasteiger charge is -2.14. The highest BCUT2D eigenvalue weighted by Gasteiger charge is 2.12. The number of hydrogen-bond acceptors (Lipinski definition) is 4. The maximum Gasteiger partial charge on any atom is 0.184 e. The van der Waals surface area contributed by atoms with E-state index < -0.39 is 0 Å². The monoisotopic (exact) mass is 282 g/mol. The number of rotatable bonds is 5. The highest BCUT2D eigenvalue weighted by molar-refractivity contribution is 5.64. The van der Waals surface area contributed by atoms with E-state index in [1.807, 2.05) is 38.1 Å². The Morgan fingerprint density at radius 1 is 1.14 bits per heavy atom. The van der Waals surface area contributed by atoms with Crippen LogP contribution >= 0.6 is 0 Å². The molecule has 0 unspecified atom stereocenters. The summed E-state index contributed by atoms with van der Waals surface area (Å²) in [5, 5.41) is 8.98. The van der Waals surface area contributed by atoms with Gasteiger partial charge >= 0.3 is 0 Å². The normalized spacial score (nSPS) is 9.95. The second kappa shape index (κ2) is 6.67. The van der Waals surface area contributed by atoms with Crippen LogP contribution in [0, 0.1) is 18.3 Å². The van der Waals surface area contributed by atoms with E-state index in [0.29, 0.717) is 36.0 Å². The van der Waals surface area contributed by atoms with Crippen molar-refractivity contribution >= 4 is 5.69 Å². The van der Waals surface area contributed by atoms with Gasteiger partial charge in [0, 0.05) is 6.07 Å². The zero-order chi connectivity index (χ0) is 15.2. The van der Waals surface area contributed by atoms with Crippen molar-refractivity contribution in [1.82, 2.24) is 0 Å². The molecule has 0 aliphatic heterocycles. The molecule has 108 valence electrons. The smallest absolute Gasteiger partial charge is 0.184 e. The van der Waals surface area contributed by atoms with E-state index in [1.54, 1.807) is 12.1 Å². The fourth-order valence-corrected chi connectivity index (χ4v) is 1.95. The minimum Gasteiger partial charge on any atom is -0.490 e. The first-order valence-corrected chi connectivity index (χ1v) is 6.78. The molecule has 0 amide bonds. The number of ether oxygens (including phenoxy) is 2. The van der Waals surface area contributed by atoms with E-state index in [9.17, 15) is 0 Å². The zero-order valence-corrected chi connectivity index (χ0v) is 12.2. The molecule has 2 N–H and O–H groups in total. The quantitative estimate of drug-likeness (QED) is 0.853. The predicted molar refractivity (Wildman–Crippen MR) is 82.2 cm³/mol. The van der Waals surface area contributed by atoms with E-state index >= 15 is 0 Å². The van der Waals surface area contributed by atoms with E-state index in [4.69, 9.17) is 20.5 Å².